The van der Waals surface area contributed by atoms with Crippen LogP contribution in [0.5, 0.6) is 0 Å². The van der Waals surface area contributed by atoms with E-state index in [4.69, 9.17) is 0 Å². The molecule has 0 radical (unpaired) electrons. The van der Waals surface area contributed by atoms with E-state index in [1.807, 2.05) is 6.07 Å². The van der Waals surface area contributed by atoms with Gasteiger partial charge >= 0.3 is 0 Å². The number of pyridine rings is 1. The molecule has 2 heterocycles. The van der Waals surface area contributed by atoms with Crippen LogP contribution in [0.15, 0.2) is 17.7 Å². The van der Waals surface area contributed by atoms with Crippen molar-refractivity contribution in [1.82, 2.24) is 9.88 Å². The van der Waals surface area contributed by atoms with Crippen LogP contribution in [0, 0.1) is 16.7 Å². The molecule has 1 aliphatic heterocycles. The smallest absolute Gasteiger partial charge is 0.180 e. The zero-order valence-electron chi connectivity index (χ0n) is 14.6. The minimum atomic E-state index is -0.672. The number of fused-ring (bicyclic) bond motifs is 1. The number of piperidine rings is 1. The second-order valence-corrected chi connectivity index (χ2v) is 7.70. The average molecular weight is 337 g/mol. The van der Waals surface area contributed by atoms with Gasteiger partial charge in [0.2, 0.25) is 0 Å². The molecule has 1 aromatic heterocycles. The molecule has 1 spiro atoms. The van der Waals surface area contributed by atoms with Crippen LogP contribution in [0.3, 0.4) is 0 Å². The summed E-state index contributed by atoms with van der Waals surface area (Å²) in [6.45, 7) is 3.42. The lowest BCUT2D eigenvalue weighted by molar-refractivity contribution is -0.114. The summed E-state index contributed by atoms with van der Waals surface area (Å²) in [7, 11) is 0. The number of rotatable bonds is 2. The highest BCUT2D eigenvalue weighted by molar-refractivity contribution is 6.09. The lowest BCUT2D eigenvalue weighted by atomic mass is 9.63. The van der Waals surface area contributed by atoms with Crippen molar-refractivity contribution < 1.29 is 9.90 Å². The van der Waals surface area contributed by atoms with E-state index in [0.717, 1.165) is 31.5 Å². The molecule has 130 valence electrons. The first-order chi connectivity index (χ1) is 12.0. The normalized spacial score (nSPS) is 23.1. The fraction of sp³-hybridized carbons (Fsp3) is 0.550. The second-order valence-electron chi connectivity index (χ2n) is 7.70. The van der Waals surface area contributed by atoms with Crippen LogP contribution in [-0.2, 0) is 11.2 Å². The maximum Gasteiger partial charge on any atom is 0.180 e. The van der Waals surface area contributed by atoms with Gasteiger partial charge in [-0.05, 0) is 49.7 Å². The SMILES string of the molecule is CC(O)c1ccc2c(n1)C(N1CCC3(CCC3)CC1)=C(C#N)C(=O)C2. The highest BCUT2D eigenvalue weighted by Gasteiger charge is 2.41. The lowest BCUT2D eigenvalue weighted by Gasteiger charge is -2.49. The first-order valence-corrected chi connectivity index (χ1v) is 9.14. The van der Waals surface area contributed by atoms with E-state index in [2.05, 4.69) is 16.0 Å². The third-order valence-electron chi connectivity index (χ3n) is 6.19. The molecular weight excluding hydrogens is 314 g/mol. The Morgan fingerprint density at radius 2 is 2.00 bits per heavy atom. The molecule has 0 aromatic carbocycles. The topological polar surface area (TPSA) is 77.2 Å². The molecule has 5 nitrogen and oxygen atoms in total. The molecule has 1 atom stereocenters. The molecule has 3 aliphatic rings. The Bertz CT molecular complexity index is 790. The molecule has 5 heteroatoms. The third kappa shape index (κ3) is 2.65. The Hall–Kier alpha value is -2.19. The van der Waals surface area contributed by atoms with E-state index >= 15 is 0 Å². The molecule has 2 aliphatic carbocycles. The number of hydrogen-bond acceptors (Lipinski definition) is 5. The van der Waals surface area contributed by atoms with E-state index in [-0.39, 0.29) is 17.8 Å². The Kier molecular flexibility index (Phi) is 3.88. The number of likely N-dealkylation sites (tertiary alicyclic amines) is 1. The summed E-state index contributed by atoms with van der Waals surface area (Å²) in [5.41, 5.74) is 3.56. The quantitative estimate of drug-likeness (QED) is 0.898. The fourth-order valence-corrected chi connectivity index (χ4v) is 4.40. The van der Waals surface area contributed by atoms with Crippen LogP contribution < -0.4 is 0 Å². The Balaban J connectivity index is 1.74. The Labute approximate surface area is 148 Å². The lowest BCUT2D eigenvalue weighted by Crippen LogP contribution is -2.43. The molecule has 4 rings (SSSR count). The van der Waals surface area contributed by atoms with Crippen molar-refractivity contribution in [2.75, 3.05) is 13.1 Å². The van der Waals surface area contributed by atoms with E-state index < -0.39 is 6.10 Å². The number of aliphatic hydroxyl groups is 1. The summed E-state index contributed by atoms with van der Waals surface area (Å²) in [6, 6.07) is 5.76. The summed E-state index contributed by atoms with van der Waals surface area (Å²) in [6.07, 6.45) is 5.73. The number of aromatic nitrogens is 1. The van der Waals surface area contributed by atoms with Crippen LogP contribution in [-0.4, -0.2) is 33.9 Å². The predicted molar refractivity (Wildman–Crippen MR) is 93.2 cm³/mol. The molecule has 1 aromatic rings. The molecule has 2 fully saturated rings. The average Bonchev–Trinajstić information content (AvgIpc) is 2.59. The second kappa shape index (κ2) is 5.96. The van der Waals surface area contributed by atoms with Crippen molar-refractivity contribution in [2.24, 2.45) is 5.41 Å². The number of allylic oxidation sites excluding steroid dienone is 1. The molecular formula is C20H23N3O2. The first kappa shape index (κ1) is 16.3. The Morgan fingerprint density at radius 1 is 1.28 bits per heavy atom. The predicted octanol–water partition coefficient (Wildman–Crippen LogP) is 2.76. The summed E-state index contributed by atoms with van der Waals surface area (Å²) in [5.74, 6) is -0.125. The van der Waals surface area contributed by atoms with Crippen LogP contribution in [0.1, 0.15) is 62.1 Å². The molecule has 1 N–H and O–H groups in total. The van der Waals surface area contributed by atoms with Gasteiger partial charge in [0, 0.05) is 19.5 Å². The van der Waals surface area contributed by atoms with Gasteiger partial charge in [-0.15, -0.1) is 0 Å². The number of nitriles is 1. The van der Waals surface area contributed by atoms with Crippen molar-refractivity contribution in [2.45, 2.75) is 51.6 Å². The van der Waals surface area contributed by atoms with Gasteiger partial charge in [-0.2, -0.15) is 5.26 Å². The zero-order valence-corrected chi connectivity index (χ0v) is 14.6. The molecule has 1 saturated heterocycles. The van der Waals surface area contributed by atoms with Crippen LogP contribution >= 0.6 is 0 Å². The van der Waals surface area contributed by atoms with Gasteiger partial charge < -0.3 is 10.0 Å². The third-order valence-corrected chi connectivity index (χ3v) is 6.19. The van der Waals surface area contributed by atoms with E-state index in [1.165, 1.54) is 19.3 Å². The number of hydrogen-bond donors (Lipinski definition) is 1. The molecule has 25 heavy (non-hydrogen) atoms. The van der Waals surface area contributed by atoms with Crippen molar-refractivity contribution in [3.63, 3.8) is 0 Å². The van der Waals surface area contributed by atoms with Gasteiger partial charge in [0.15, 0.2) is 5.78 Å². The fourth-order valence-electron chi connectivity index (χ4n) is 4.40. The number of carbonyl (C=O) groups is 1. The maximum absolute atomic E-state index is 12.5. The van der Waals surface area contributed by atoms with Gasteiger partial charge in [0.25, 0.3) is 0 Å². The largest absolute Gasteiger partial charge is 0.387 e. The summed E-state index contributed by atoms with van der Waals surface area (Å²) in [5, 5.41) is 19.5. The highest BCUT2D eigenvalue weighted by Crippen LogP contribution is 2.50. The molecule has 0 bridgehead atoms. The maximum atomic E-state index is 12.5. The van der Waals surface area contributed by atoms with Gasteiger partial charge in [-0.3, -0.25) is 4.79 Å². The standard InChI is InChI=1S/C20H23N3O2/c1-13(24)16-4-3-14-11-17(25)15(12-21)19(18(14)22-16)23-9-7-20(8-10-23)5-2-6-20/h3-4,13,24H,2,5-11H2,1H3. The molecule has 1 saturated carbocycles. The van der Waals surface area contributed by atoms with Crippen LogP contribution in [0.25, 0.3) is 5.70 Å². The minimum Gasteiger partial charge on any atom is -0.387 e. The summed E-state index contributed by atoms with van der Waals surface area (Å²) < 4.78 is 0. The van der Waals surface area contributed by atoms with Crippen molar-refractivity contribution in [3.05, 3.63) is 34.7 Å². The van der Waals surface area contributed by atoms with E-state index in [1.54, 1.807) is 13.0 Å². The van der Waals surface area contributed by atoms with Crippen LogP contribution in [0.2, 0.25) is 0 Å². The minimum absolute atomic E-state index is 0.125. The number of Topliss-reactive ketones (excluding diaryl/α,β-unsaturated/α-hetero) is 1. The van der Waals surface area contributed by atoms with Gasteiger partial charge in [0.05, 0.1) is 23.2 Å². The van der Waals surface area contributed by atoms with Gasteiger partial charge in [-0.1, -0.05) is 12.5 Å². The molecule has 1 unspecified atom stereocenters. The number of carbonyl (C=O) groups excluding carboxylic acids is 1. The van der Waals surface area contributed by atoms with Gasteiger partial charge in [-0.25, -0.2) is 4.98 Å². The summed E-state index contributed by atoms with van der Waals surface area (Å²) >= 11 is 0. The van der Waals surface area contributed by atoms with Crippen molar-refractivity contribution >= 4 is 11.5 Å². The monoisotopic (exact) mass is 337 g/mol. The number of aliphatic hydroxyl groups excluding tert-OH is 1. The molecule has 0 amide bonds. The Morgan fingerprint density at radius 3 is 2.56 bits per heavy atom. The zero-order chi connectivity index (χ0) is 17.6. The van der Waals surface area contributed by atoms with Crippen LogP contribution in [0.4, 0.5) is 0 Å². The number of nitrogens with zero attached hydrogens (tertiary/aromatic N) is 3. The first-order valence-electron chi connectivity index (χ1n) is 9.14. The van der Waals surface area contributed by atoms with Crippen molar-refractivity contribution in [3.8, 4) is 6.07 Å². The summed E-state index contributed by atoms with van der Waals surface area (Å²) in [4.78, 5) is 19.3. The van der Waals surface area contributed by atoms with E-state index in [0.29, 0.717) is 22.5 Å². The van der Waals surface area contributed by atoms with E-state index in [9.17, 15) is 15.2 Å². The van der Waals surface area contributed by atoms with Gasteiger partial charge in [0.1, 0.15) is 11.6 Å². The highest BCUT2D eigenvalue weighted by atomic mass is 16.3. The van der Waals surface area contributed by atoms with Crippen molar-refractivity contribution in [1.29, 1.82) is 5.26 Å². The number of ketones is 1.